The number of rotatable bonds is 3. The van der Waals surface area contributed by atoms with Gasteiger partial charge in [-0.25, -0.2) is 0 Å². The Morgan fingerprint density at radius 1 is 1.14 bits per heavy atom. The second kappa shape index (κ2) is 5.62. The first kappa shape index (κ1) is 13.7. The summed E-state index contributed by atoms with van der Waals surface area (Å²) in [6.07, 6.45) is 1.86. The van der Waals surface area contributed by atoms with Crippen molar-refractivity contribution in [1.82, 2.24) is 9.78 Å². The van der Waals surface area contributed by atoms with Crippen LogP contribution in [0.3, 0.4) is 0 Å². The summed E-state index contributed by atoms with van der Waals surface area (Å²) < 4.78 is 1.86. The van der Waals surface area contributed by atoms with Gasteiger partial charge in [0.05, 0.1) is 12.2 Å². The second-order valence-corrected chi connectivity index (χ2v) is 5.57. The molecule has 4 heteroatoms. The van der Waals surface area contributed by atoms with Crippen LogP contribution in [0.2, 0.25) is 5.02 Å². The Morgan fingerprint density at radius 2 is 1.95 bits per heavy atom. The summed E-state index contributed by atoms with van der Waals surface area (Å²) in [7, 11) is 0. The molecule has 2 aromatic carbocycles. The average Bonchev–Trinajstić information content (AvgIpc) is 2.79. The summed E-state index contributed by atoms with van der Waals surface area (Å²) >= 11 is 6.03. The van der Waals surface area contributed by atoms with Gasteiger partial charge in [-0.1, -0.05) is 53.6 Å². The number of hydrogen-bond acceptors (Lipinski definition) is 2. The van der Waals surface area contributed by atoms with E-state index in [1.54, 1.807) is 0 Å². The molecule has 106 valence electrons. The maximum atomic E-state index is 6.08. The van der Waals surface area contributed by atoms with E-state index in [0.29, 0.717) is 17.3 Å². The first-order valence-corrected chi connectivity index (χ1v) is 7.14. The van der Waals surface area contributed by atoms with Crippen LogP contribution in [0.1, 0.15) is 11.1 Å². The predicted octanol–water partition coefficient (Wildman–Crippen LogP) is 4.14. The highest BCUT2D eigenvalue weighted by atomic mass is 35.5. The molecule has 0 aliphatic rings. The van der Waals surface area contributed by atoms with Crippen LogP contribution in [0, 0.1) is 6.92 Å². The third-order valence-corrected chi connectivity index (χ3v) is 3.55. The Balaban J connectivity index is 1.91. The van der Waals surface area contributed by atoms with Gasteiger partial charge < -0.3 is 5.73 Å². The van der Waals surface area contributed by atoms with Gasteiger partial charge >= 0.3 is 0 Å². The van der Waals surface area contributed by atoms with E-state index >= 15 is 0 Å². The van der Waals surface area contributed by atoms with Crippen molar-refractivity contribution in [3.05, 3.63) is 70.9 Å². The van der Waals surface area contributed by atoms with E-state index in [1.807, 2.05) is 35.1 Å². The Kier molecular flexibility index (Phi) is 3.67. The molecule has 0 saturated carbocycles. The van der Waals surface area contributed by atoms with Crippen molar-refractivity contribution in [1.29, 1.82) is 0 Å². The van der Waals surface area contributed by atoms with Crippen LogP contribution < -0.4 is 5.73 Å². The van der Waals surface area contributed by atoms with Crippen molar-refractivity contribution in [3.63, 3.8) is 0 Å². The lowest BCUT2D eigenvalue weighted by Crippen LogP contribution is -2.00. The molecule has 2 N–H and O–H groups in total. The lowest BCUT2D eigenvalue weighted by atomic mass is 10.1. The Labute approximate surface area is 129 Å². The van der Waals surface area contributed by atoms with Gasteiger partial charge in [0.15, 0.2) is 0 Å². The zero-order valence-corrected chi connectivity index (χ0v) is 12.5. The van der Waals surface area contributed by atoms with Crippen LogP contribution in [0.15, 0.2) is 54.7 Å². The molecule has 0 saturated heterocycles. The summed E-state index contributed by atoms with van der Waals surface area (Å²) in [4.78, 5) is 0. The molecule has 3 aromatic rings. The standard InChI is InChI=1S/C17H16ClN3/c1-12-4-2-5-13(8-12)10-21-11-16(19)17(20-21)14-6-3-7-15(18)9-14/h2-9,11H,10,19H2,1H3. The lowest BCUT2D eigenvalue weighted by Gasteiger charge is -2.03. The summed E-state index contributed by atoms with van der Waals surface area (Å²) in [5.41, 5.74) is 10.9. The molecule has 0 fully saturated rings. The maximum absolute atomic E-state index is 6.08. The zero-order valence-electron chi connectivity index (χ0n) is 11.8. The van der Waals surface area contributed by atoms with Crippen LogP contribution >= 0.6 is 11.6 Å². The maximum Gasteiger partial charge on any atom is 0.115 e. The molecule has 0 atom stereocenters. The molecule has 0 unspecified atom stereocenters. The van der Waals surface area contributed by atoms with E-state index in [4.69, 9.17) is 17.3 Å². The number of anilines is 1. The van der Waals surface area contributed by atoms with Crippen molar-refractivity contribution in [3.8, 4) is 11.3 Å². The highest BCUT2D eigenvalue weighted by molar-refractivity contribution is 6.30. The lowest BCUT2D eigenvalue weighted by molar-refractivity contribution is 0.689. The first-order chi connectivity index (χ1) is 10.1. The number of aromatic nitrogens is 2. The van der Waals surface area contributed by atoms with E-state index in [-0.39, 0.29) is 0 Å². The van der Waals surface area contributed by atoms with Gasteiger partial charge in [0.1, 0.15) is 5.69 Å². The molecule has 0 spiro atoms. The zero-order chi connectivity index (χ0) is 14.8. The molecule has 0 aliphatic carbocycles. The third-order valence-electron chi connectivity index (χ3n) is 3.32. The largest absolute Gasteiger partial charge is 0.396 e. The second-order valence-electron chi connectivity index (χ2n) is 5.13. The van der Waals surface area contributed by atoms with Crippen LogP contribution in [0.25, 0.3) is 11.3 Å². The fourth-order valence-corrected chi connectivity index (χ4v) is 2.57. The molecule has 1 heterocycles. The number of aryl methyl sites for hydroxylation is 1. The molecule has 0 bridgehead atoms. The molecule has 21 heavy (non-hydrogen) atoms. The summed E-state index contributed by atoms with van der Waals surface area (Å²) in [6, 6.07) is 15.9. The molecule has 0 radical (unpaired) electrons. The van der Waals surface area contributed by atoms with E-state index in [0.717, 1.165) is 11.3 Å². The number of nitrogen functional groups attached to an aromatic ring is 1. The van der Waals surface area contributed by atoms with Crippen LogP contribution in [-0.4, -0.2) is 9.78 Å². The van der Waals surface area contributed by atoms with Crippen molar-refractivity contribution in [2.45, 2.75) is 13.5 Å². The van der Waals surface area contributed by atoms with Gasteiger partial charge in [-0.05, 0) is 24.6 Å². The van der Waals surface area contributed by atoms with Crippen LogP contribution in [-0.2, 0) is 6.54 Å². The van der Waals surface area contributed by atoms with Gasteiger partial charge in [0, 0.05) is 16.8 Å². The minimum atomic E-state index is 0.657. The molecule has 1 aromatic heterocycles. The van der Waals surface area contributed by atoms with E-state index in [1.165, 1.54) is 11.1 Å². The molecule has 3 rings (SSSR count). The SMILES string of the molecule is Cc1cccc(Cn2cc(N)c(-c3cccc(Cl)c3)n2)c1. The predicted molar refractivity (Wildman–Crippen MR) is 87.4 cm³/mol. The van der Waals surface area contributed by atoms with Crippen molar-refractivity contribution >= 4 is 17.3 Å². The number of benzene rings is 2. The monoisotopic (exact) mass is 297 g/mol. The minimum absolute atomic E-state index is 0.657. The van der Waals surface area contributed by atoms with Crippen LogP contribution in [0.5, 0.6) is 0 Å². The number of nitrogens with two attached hydrogens (primary N) is 1. The smallest absolute Gasteiger partial charge is 0.115 e. The quantitative estimate of drug-likeness (QED) is 0.789. The fraction of sp³-hybridized carbons (Fsp3) is 0.118. The molecule has 0 aliphatic heterocycles. The third kappa shape index (κ3) is 3.09. The van der Waals surface area contributed by atoms with E-state index < -0.39 is 0 Å². The van der Waals surface area contributed by atoms with Gasteiger partial charge in [0.2, 0.25) is 0 Å². The fourth-order valence-electron chi connectivity index (χ4n) is 2.38. The summed E-state index contributed by atoms with van der Waals surface area (Å²) in [5.74, 6) is 0. The van der Waals surface area contributed by atoms with Gasteiger partial charge in [0.25, 0.3) is 0 Å². The minimum Gasteiger partial charge on any atom is -0.396 e. The highest BCUT2D eigenvalue weighted by Gasteiger charge is 2.09. The highest BCUT2D eigenvalue weighted by Crippen LogP contribution is 2.26. The number of hydrogen-bond donors (Lipinski definition) is 1. The Morgan fingerprint density at radius 3 is 2.71 bits per heavy atom. The first-order valence-electron chi connectivity index (χ1n) is 6.76. The van der Waals surface area contributed by atoms with Gasteiger partial charge in [-0.3, -0.25) is 4.68 Å². The molecule has 0 amide bonds. The number of nitrogens with zero attached hydrogens (tertiary/aromatic N) is 2. The van der Waals surface area contributed by atoms with Crippen LogP contribution in [0.4, 0.5) is 5.69 Å². The normalized spacial score (nSPS) is 10.8. The van der Waals surface area contributed by atoms with E-state index in [2.05, 4.69) is 36.3 Å². The summed E-state index contributed by atoms with van der Waals surface area (Å²) in [5, 5.41) is 5.26. The van der Waals surface area contributed by atoms with Crippen molar-refractivity contribution < 1.29 is 0 Å². The Bertz CT molecular complexity index is 777. The number of halogens is 1. The van der Waals surface area contributed by atoms with Crippen molar-refractivity contribution in [2.24, 2.45) is 0 Å². The molecular weight excluding hydrogens is 282 g/mol. The topological polar surface area (TPSA) is 43.8 Å². The molecular formula is C17H16ClN3. The van der Waals surface area contributed by atoms with Gasteiger partial charge in [-0.15, -0.1) is 0 Å². The van der Waals surface area contributed by atoms with Gasteiger partial charge in [-0.2, -0.15) is 5.10 Å². The van der Waals surface area contributed by atoms with Crippen molar-refractivity contribution in [2.75, 3.05) is 5.73 Å². The summed E-state index contributed by atoms with van der Waals surface area (Å²) in [6.45, 7) is 2.78. The molecule has 3 nitrogen and oxygen atoms in total. The van der Waals surface area contributed by atoms with E-state index in [9.17, 15) is 0 Å². The Hall–Kier alpha value is -2.26. The average molecular weight is 298 g/mol.